The van der Waals surface area contributed by atoms with Gasteiger partial charge in [-0.3, -0.25) is 14.6 Å². The highest BCUT2D eigenvalue weighted by atomic mass is 32.1. The van der Waals surface area contributed by atoms with Crippen LogP contribution >= 0.6 is 12.2 Å². The molecule has 0 saturated carbocycles. The van der Waals surface area contributed by atoms with Gasteiger partial charge in [0, 0.05) is 24.8 Å². The second-order valence-electron chi connectivity index (χ2n) is 5.20. The molecule has 2 amide bonds. The van der Waals surface area contributed by atoms with E-state index < -0.39 is 5.41 Å². The third-order valence-corrected chi connectivity index (χ3v) is 3.86. The minimum absolute atomic E-state index is 0.218. The molecule has 7 heteroatoms. The number of carbonyl (C=O) groups excluding carboxylic acids is 2. The molecule has 106 valence electrons. The molecule has 0 spiro atoms. The zero-order valence-corrected chi connectivity index (χ0v) is 11.9. The standard InChI is InChI=1S/C13H16N4O2S/c1-13(12(15)19)4-5-17(7-13)11(18)9-3-2-8(6-16-9)10(14)20/h2-3,6H,4-5,7H2,1H3,(H2,14,20)(H2,15,19). The van der Waals surface area contributed by atoms with E-state index in [4.69, 9.17) is 23.7 Å². The lowest BCUT2D eigenvalue weighted by atomic mass is 9.89. The van der Waals surface area contributed by atoms with Crippen LogP contribution in [0.1, 0.15) is 29.4 Å². The summed E-state index contributed by atoms with van der Waals surface area (Å²) >= 11 is 4.83. The average molecular weight is 292 g/mol. The molecule has 1 aromatic rings. The quantitative estimate of drug-likeness (QED) is 0.767. The molecule has 2 rings (SSSR count). The first-order valence-corrected chi connectivity index (χ1v) is 6.59. The largest absolute Gasteiger partial charge is 0.389 e. The number of carbonyl (C=O) groups is 2. The Morgan fingerprint density at radius 2 is 2.10 bits per heavy atom. The van der Waals surface area contributed by atoms with E-state index in [-0.39, 0.29) is 16.8 Å². The van der Waals surface area contributed by atoms with Crippen LogP contribution in [0.4, 0.5) is 0 Å². The molecule has 1 saturated heterocycles. The molecule has 20 heavy (non-hydrogen) atoms. The van der Waals surface area contributed by atoms with Crippen LogP contribution in [0.15, 0.2) is 18.3 Å². The van der Waals surface area contributed by atoms with E-state index >= 15 is 0 Å². The fourth-order valence-corrected chi connectivity index (χ4v) is 2.28. The van der Waals surface area contributed by atoms with Crippen LogP contribution in [0.5, 0.6) is 0 Å². The highest BCUT2D eigenvalue weighted by molar-refractivity contribution is 7.80. The molecule has 1 aliphatic rings. The Balaban J connectivity index is 2.13. The van der Waals surface area contributed by atoms with Gasteiger partial charge in [0.25, 0.3) is 5.91 Å². The number of amides is 2. The van der Waals surface area contributed by atoms with Crippen molar-refractivity contribution in [2.45, 2.75) is 13.3 Å². The number of hydrogen-bond donors (Lipinski definition) is 2. The van der Waals surface area contributed by atoms with E-state index in [1.807, 2.05) is 0 Å². The molecule has 1 atom stereocenters. The van der Waals surface area contributed by atoms with Crippen molar-refractivity contribution in [3.8, 4) is 0 Å². The van der Waals surface area contributed by atoms with Gasteiger partial charge in [-0.1, -0.05) is 12.2 Å². The minimum Gasteiger partial charge on any atom is -0.389 e. The molecule has 1 unspecified atom stereocenters. The number of pyridine rings is 1. The summed E-state index contributed by atoms with van der Waals surface area (Å²) in [4.78, 5) is 29.6. The van der Waals surface area contributed by atoms with Gasteiger partial charge >= 0.3 is 0 Å². The summed E-state index contributed by atoms with van der Waals surface area (Å²) in [6, 6.07) is 3.24. The third-order valence-electron chi connectivity index (χ3n) is 3.62. The number of nitrogens with two attached hydrogens (primary N) is 2. The highest BCUT2D eigenvalue weighted by Gasteiger charge is 2.41. The Hall–Kier alpha value is -2.02. The van der Waals surface area contributed by atoms with Crippen molar-refractivity contribution < 1.29 is 9.59 Å². The first-order valence-electron chi connectivity index (χ1n) is 6.18. The van der Waals surface area contributed by atoms with Crippen molar-refractivity contribution in [1.82, 2.24) is 9.88 Å². The van der Waals surface area contributed by atoms with Gasteiger partial charge in [0.15, 0.2) is 0 Å². The first-order chi connectivity index (χ1) is 9.33. The lowest BCUT2D eigenvalue weighted by Gasteiger charge is -2.20. The molecule has 1 aliphatic heterocycles. The maximum Gasteiger partial charge on any atom is 0.272 e. The number of primary amides is 1. The zero-order chi connectivity index (χ0) is 14.9. The Morgan fingerprint density at radius 1 is 1.40 bits per heavy atom. The smallest absolute Gasteiger partial charge is 0.272 e. The molecule has 0 aliphatic carbocycles. The summed E-state index contributed by atoms with van der Waals surface area (Å²) in [7, 11) is 0. The SMILES string of the molecule is CC1(C(N)=O)CCN(C(=O)c2ccc(C(N)=S)cn2)C1. The average Bonchev–Trinajstić information content (AvgIpc) is 2.82. The lowest BCUT2D eigenvalue weighted by Crippen LogP contribution is -2.38. The summed E-state index contributed by atoms with van der Waals surface area (Å²) in [6.07, 6.45) is 2.04. The van der Waals surface area contributed by atoms with E-state index in [0.717, 1.165) is 0 Å². The van der Waals surface area contributed by atoms with E-state index in [1.165, 1.54) is 6.20 Å². The van der Waals surface area contributed by atoms with Gasteiger partial charge < -0.3 is 16.4 Å². The number of rotatable bonds is 3. The van der Waals surface area contributed by atoms with Gasteiger partial charge in [-0.05, 0) is 25.5 Å². The zero-order valence-electron chi connectivity index (χ0n) is 11.1. The molecular formula is C13H16N4O2S. The van der Waals surface area contributed by atoms with Gasteiger partial charge in [-0.2, -0.15) is 0 Å². The van der Waals surface area contributed by atoms with Crippen LogP contribution in [-0.4, -0.2) is 39.8 Å². The lowest BCUT2D eigenvalue weighted by molar-refractivity contribution is -0.126. The molecule has 6 nitrogen and oxygen atoms in total. The van der Waals surface area contributed by atoms with Crippen molar-refractivity contribution in [2.75, 3.05) is 13.1 Å². The van der Waals surface area contributed by atoms with Crippen molar-refractivity contribution in [1.29, 1.82) is 0 Å². The molecule has 4 N–H and O–H groups in total. The molecule has 1 aromatic heterocycles. The predicted molar refractivity (Wildman–Crippen MR) is 77.9 cm³/mol. The maximum atomic E-state index is 12.3. The molecule has 0 aromatic carbocycles. The monoisotopic (exact) mass is 292 g/mol. The van der Waals surface area contributed by atoms with Gasteiger partial charge in [0.05, 0.1) is 5.41 Å². The van der Waals surface area contributed by atoms with E-state index in [1.54, 1.807) is 24.0 Å². The van der Waals surface area contributed by atoms with Crippen molar-refractivity contribution in [3.63, 3.8) is 0 Å². The summed E-state index contributed by atoms with van der Waals surface area (Å²) in [5.74, 6) is -0.603. The Bertz CT molecular complexity index is 572. The fourth-order valence-electron chi connectivity index (χ4n) is 2.16. The van der Waals surface area contributed by atoms with Crippen molar-refractivity contribution >= 4 is 29.0 Å². The van der Waals surface area contributed by atoms with E-state index in [2.05, 4.69) is 4.98 Å². The first kappa shape index (κ1) is 14.4. The predicted octanol–water partition coefficient (Wildman–Crippen LogP) is 0.0533. The van der Waals surface area contributed by atoms with Crippen LogP contribution in [0.3, 0.4) is 0 Å². The number of nitrogens with zero attached hydrogens (tertiary/aromatic N) is 2. The van der Waals surface area contributed by atoms with Crippen LogP contribution in [0, 0.1) is 5.41 Å². The molecule has 0 radical (unpaired) electrons. The third kappa shape index (κ3) is 2.62. The molecule has 2 heterocycles. The summed E-state index contributed by atoms with van der Waals surface area (Å²) in [6.45, 7) is 2.59. The Labute approximate surface area is 122 Å². The Kier molecular flexibility index (Phi) is 3.71. The number of thiocarbonyl (C=S) groups is 1. The highest BCUT2D eigenvalue weighted by Crippen LogP contribution is 2.30. The van der Waals surface area contributed by atoms with Gasteiger partial charge in [0.1, 0.15) is 10.7 Å². The normalized spacial score (nSPS) is 21.8. The number of likely N-dealkylation sites (tertiary alicyclic amines) is 1. The van der Waals surface area contributed by atoms with Gasteiger partial charge in [-0.15, -0.1) is 0 Å². The molecule has 1 fully saturated rings. The maximum absolute atomic E-state index is 12.3. The number of hydrogen-bond acceptors (Lipinski definition) is 4. The van der Waals surface area contributed by atoms with E-state index in [9.17, 15) is 9.59 Å². The minimum atomic E-state index is -0.658. The van der Waals surface area contributed by atoms with Crippen molar-refractivity contribution in [2.24, 2.45) is 16.9 Å². The van der Waals surface area contributed by atoms with Crippen LogP contribution in [0.25, 0.3) is 0 Å². The summed E-state index contributed by atoms with van der Waals surface area (Å²) < 4.78 is 0. The van der Waals surface area contributed by atoms with Gasteiger partial charge in [0.2, 0.25) is 5.91 Å². The fraction of sp³-hybridized carbons (Fsp3) is 0.385. The van der Waals surface area contributed by atoms with Crippen LogP contribution in [-0.2, 0) is 4.79 Å². The summed E-state index contributed by atoms with van der Waals surface area (Å²) in [5, 5.41) is 0. The Morgan fingerprint density at radius 3 is 2.55 bits per heavy atom. The molecule has 0 bridgehead atoms. The summed E-state index contributed by atoms with van der Waals surface area (Å²) in [5.41, 5.74) is 11.1. The van der Waals surface area contributed by atoms with Crippen molar-refractivity contribution in [3.05, 3.63) is 29.6 Å². The second kappa shape index (κ2) is 5.16. The topological polar surface area (TPSA) is 102 Å². The number of aromatic nitrogens is 1. The van der Waals surface area contributed by atoms with Crippen LogP contribution in [0.2, 0.25) is 0 Å². The van der Waals surface area contributed by atoms with E-state index in [0.29, 0.717) is 30.8 Å². The molecular weight excluding hydrogens is 276 g/mol. The van der Waals surface area contributed by atoms with Gasteiger partial charge in [-0.25, -0.2) is 0 Å². The second-order valence-corrected chi connectivity index (χ2v) is 5.64. The van der Waals surface area contributed by atoms with Crippen LogP contribution < -0.4 is 11.5 Å².